The third kappa shape index (κ3) is 4.11. The van der Waals surface area contributed by atoms with Crippen LogP contribution in [0, 0.1) is 5.82 Å². The number of benzene rings is 1. The fourth-order valence-corrected chi connectivity index (χ4v) is 4.16. The van der Waals surface area contributed by atoms with Crippen molar-refractivity contribution in [3.05, 3.63) is 58.7 Å². The van der Waals surface area contributed by atoms with Gasteiger partial charge in [-0.1, -0.05) is 12.1 Å². The Bertz CT molecular complexity index is 989. The lowest BCUT2D eigenvalue weighted by molar-refractivity contribution is 0.0298. The Hall–Kier alpha value is -3.04. The number of hydrogen-bond donors (Lipinski definition) is 3. The summed E-state index contributed by atoms with van der Waals surface area (Å²) >= 11 is 0. The van der Waals surface area contributed by atoms with Crippen molar-refractivity contribution in [1.29, 1.82) is 0 Å². The topological polar surface area (TPSA) is 97.8 Å². The van der Waals surface area contributed by atoms with E-state index < -0.39 is 18.1 Å². The van der Waals surface area contributed by atoms with Crippen LogP contribution in [0.5, 0.6) is 0 Å². The molecule has 0 aliphatic carbocycles. The van der Waals surface area contributed by atoms with Gasteiger partial charge in [-0.05, 0) is 49.5 Å². The molecule has 9 heteroatoms. The molecule has 0 bridgehead atoms. The van der Waals surface area contributed by atoms with Gasteiger partial charge in [-0.25, -0.2) is 4.39 Å². The smallest absolute Gasteiger partial charge is 0.269 e. The summed E-state index contributed by atoms with van der Waals surface area (Å²) in [5, 5.41) is 15.1. The van der Waals surface area contributed by atoms with Crippen LogP contribution in [0.1, 0.15) is 50.7 Å². The highest BCUT2D eigenvalue weighted by Crippen LogP contribution is 2.32. The number of aliphatic hydroxyl groups excluding tert-OH is 1. The third-order valence-electron chi connectivity index (χ3n) is 6.11. The number of aliphatic hydroxyl groups is 1. The lowest BCUT2D eigenvalue weighted by Crippen LogP contribution is -2.46. The quantitative estimate of drug-likeness (QED) is 0.688. The number of aromatic nitrogens is 1. The van der Waals surface area contributed by atoms with Crippen molar-refractivity contribution in [3.63, 3.8) is 0 Å². The van der Waals surface area contributed by atoms with Gasteiger partial charge in [0.25, 0.3) is 11.8 Å². The highest BCUT2D eigenvalue weighted by Gasteiger charge is 2.31. The van der Waals surface area contributed by atoms with Crippen LogP contribution in [0.2, 0.25) is 0 Å². The molecule has 3 heterocycles. The summed E-state index contributed by atoms with van der Waals surface area (Å²) in [5.41, 5.74) is 2.28. The van der Waals surface area contributed by atoms with Gasteiger partial charge >= 0.3 is 0 Å². The highest BCUT2D eigenvalue weighted by atomic mass is 19.1. The lowest BCUT2D eigenvalue weighted by Gasteiger charge is -2.34. The minimum atomic E-state index is -1.25. The summed E-state index contributed by atoms with van der Waals surface area (Å²) in [5.74, 6) is -0.762. The van der Waals surface area contributed by atoms with Crippen molar-refractivity contribution in [3.8, 4) is 0 Å². The molecule has 2 aliphatic rings. The second-order valence-corrected chi connectivity index (χ2v) is 8.00. The molecule has 2 aliphatic heterocycles. The lowest BCUT2D eigenvalue weighted by atomic mass is 9.90. The van der Waals surface area contributed by atoms with Crippen molar-refractivity contribution in [2.45, 2.75) is 31.7 Å². The number of nitrogens with zero attached hydrogens (tertiary/aromatic N) is 3. The van der Waals surface area contributed by atoms with Gasteiger partial charge in [-0.2, -0.15) is 0 Å². The van der Waals surface area contributed by atoms with Crippen molar-refractivity contribution in [1.82, 2.24) is 20.1 Å². The summed E-state index contributed by atoms with van der Waals surface area (Å²) in [6.45, 7) is 2.04. The summed E-state index contributed by atoms with van der Waals surface area (Å²) in [6.07, 6.45) is 2.34. The number of fused-ring (bicyclic) bond motifs is 1. The number of halogens is 1. The van der Waals surface area contributed by atoms with Gasteiger partial charge < -0.3 is 15.7 Å². The molecule has 4 rings (SSSR count). The van der Waals surface area contributed by atoms with Crippen LogP contribution in [0.25, 0.3) is 0 Å². The molecule has 1 unspecified atom stereocenters. The zero-order chi connectivity index (χ0) is 22.1. The number of pyridine rings is 1. The Balaban J connectivity index is 1.40. The van der Waals surface area contributed by atoms with E-state index in [0.717, 1.165) is 36.4 Å². The van der Waals surface area contributed by atoms with Crippen molar-refractivity contribution in [2.75, 3.05) is 32.5 Å². The number of anilines is 1. The Morgan fingerprint density at radius 3 is 2.68 bits per heavy atom. The van der Waals surface area contributed by atoms with Crippen molar-refractivity contribution < 1.29 is 19.1 Å². The first-order valence-electron chi connectivity index (χ1n) is 10.3. The minimum Gasteiger partial charge on any atom is -0.356 e. The fourth-order valence-electron chi connectivity index (χ4n) is 4.16. The zero-order valence-corrected chi connectivity index (χ0v) is 17.6. The Labute approximate surface area is 180 Å². The summed E-state index contributed by atoms with van der Waals surface area (Å²) in [6, 6.07) is 6.94. The van der Waals surface area contributed by atoms with E-state index in [9.17, 15) is 14.7 Å². The number of hydrogen-bond acceptors (Lipinski definition) is 6. The van der Waals surface area contributed by atoms with Crippen LogP contribution in [-0.2, 0) is 6.54 Å². The number of carbonyl (C=O) groups is 2. The van der Waals surface area contributed by atoms with E-state index in [0.29, 0.717) is 23.7 Å². The number of piperidine rings is 1. The number of rotatable bonds is 4. The van der Waals surface area contributed by atoms with Gasteiger partial charge in [-0.3, -0.25) is 24.4 Å². The summed E-state index contributed by atoms with van der Waals surface area (Å²) in [4.78, 5) is 31.4. The number of carbonyl (C=O) groups excluding carboxylic acids is 2. The van der Waals surface area contributed by atoms with E-state index in [1.165, 1.54) is 7.05 Å². The van der Waals surface area contributed by atoms with E-state index >= 15 is 4.39 Å². The molecule has 8 nitrogen and oxygen atoms in total. The predicted octanol–water partition coefficient (Wildman–Crippen LogP) is 1.73. The van der Waals surface area contributed by atoms with Crippen LogP contribution in [-0.4, -0.2) is 65.2 Å². The van der Waals surface area contributed by atoms with E-state index in [1.54, 1.807) is 31.4 Å². The molecule has 0 saturated carbocycles. The van der Waals surface area contributed by atoms with E-state index in [4.69, 9.17) is 0 Å². The van der Waals surface area contributed by atoms with E-state index in [2.05, 4.69) is 20.5 Å². The van der Waals surface area contributed by atoms with Crippen molar-refractivity contribution in [2.24, 2.45) is 0 Å². The molecule has 1 saturated heterocycles. The number of amides is 2. The highest BCUT2D eigenvalue weighted by molar-refractivity contribution is 6.01. The second kappa shape index (κ2) is 8.60. The normalized spacial score (nSPS) is 19.7. The van der Waals surface area contributed by atoms with Gasteiger partial charge in [0.05, 0.1) is 11.3 Å². The maximum Gasteiger partial charge on any atom is 0.269 e. The average molecular weight is 427 g/mol. The predicted molar refractivity (Wildman–Crippen MR) is 113 cm³/mol. The first-order valence-corrected chi connectivity index (χ1v) is 10.3. The molecule has 2 amide bonds. The molecular formula is C22H26FN5O3. The molecule has 2 aromatic rings. The average Bonchev–Trinajstić information content (AvgIpc) is 2.80. The SMILES string of the molecule is CNC(=O)c1ccc(C2CCN(Cc3ccc4c(c3F)NC(O)N(C)C4=O)CC2)cn1. The van der Waals surface area contributed by atoms with Crippen LogP contribution >= 0.6 is 0 Å². The third-order valence-corrected chi connectivity index (χ3v) is 6.11. The van der Waals surface area contributed by atoms with Crippen LogP contribution in [0.4, 0.5) is 10.1 Å². The molecular weight excluding hydrogens is 401 g/mol. The van der Waals surface area contributed by atoms with Gasteiger partial charge in [0.15, 0.2) is 5.82 Å². The standard InChI is InChI=1S/C22H26FN5O3/c1-24-20(29)17-6-4-14(11-25-17)13-7-9-28(10-8-13)12-15-3-5-16-19(18(15)23)26-22(31)27(2)21(16)30/h3-6,11,13,22,26,31H,7-10,12H2,1-2H3,(H,24,29). The Morgan fingerprint density at radius 2 is 2.03 bits per heavy atom. The van der Waals surface area contributed by atoms with Gasteiger partial charge in [0.2, 0.25) is 6.35 Å². The Morgan fingerprint density at radius 1 is 1.29 bits per heavy atom. The van der Waals surface area contributed by atoms with Crippen LogP contribution in [0.3, 0.4) is 0 Å². The Kier molecular flexibility index (Phi) is 5.88. The first kappa shape index (κ1) is 21.2. The molecule has 164 valence electrons. The van der Waals surface area contributed by atoms with E-state index in [-0.39, 0.29) is 17.2 Å². The van der Waals surface area contributed by atoms with Crippen LogP contribution < -0.4 is 10.6 Å². The first-order chi connectivity index (χ1) is 14.9. The van der Waals surface area contributed by atoms with Crippen molar-refractivity contribution >= 4 is 17.5 Å². The van der Waals surface area contributed by atoms with Gasteiger partial charge in [-0.15, -0.1) is 0 Å². The molecule has 1 aromatic heterocycles. The molecule has 3 N–H and O–H groups in total. The molecule has 0 spiro atoms. The van der Waals surface area contributed by atoms with Gasteiger partial charge in [0.1, 0.15) is 5.69 Å². The molecule has 0 radical (unpaired) electrons. The monoisotopic (exact) mass is 427 g/mol. The number of nitrogens with one attached hydrogen (secondary N) is 2. The largest absolute Gasteiger partial charge is 0.356 e. The van der Waals surface area contributed by atoms with Crippen LogP contribution in [0.15, 0.2) is 30.5 Å². The fraction of sp³-hybridized carbons (Fsp3) is 0.409. The molecule has 31 heavy (non-hydrogen) atoms. The second-order valence-electron chi connectivity index (χ2n) is 8.00. The zero-order valence-electron chi connectivity index (χ0n) is 17.6. The summed E-state index contributed by atoms with van der Waals surface area (Å²) in [7, 11) is 3.04. The number of likely N-dealkylation sites (tertiary alicyclic amines) is 1. The maximum absolute atomic E-state index is 15.0. The molecule has 1 atom stereocenters. The van der Waals surface area contributed by atoms with Gasteiger partial charge in [0, 0.05) is 32.4 Å². The maximum atomic E-state index is 15.0. The van der Waals surface area contributed by atoms with E-state index in [1.807, 2.05) is 6.07 Å². The minimum absolute atomic E-state index is 0.0604. The summed E-state index contributed by atoms with van der Waals surface area (Å²) < 4.78 is 15.0. The molecule has 1 aromatic carbocycles. The molecule has 1 fully saturated rings.